The van der Waals surface area contributed by atoms with Crippen LogP contribution in [0, 0.1) is 0 Å². The minimum absolute atomic E-state index is 0.695. The zero-order valence-corrected chi connectivity index (χ0v) is 10.3. The number of nitrogens with zero attached hydrogens (tertiary/aromatic N) is 2. The lowest BCUT2D eigenvalue weighted by Crippen LogP contribution is -2.06. The number of hydrogen-bond donors (Lipinski definition) is 0. The van der Waals surface area contributed by atoms with Crippen molar-refractivity contribution >= 4 is 23.6 Å². The first-order chi connectivity index (χ1) is 8.38. The molecular formula is C13H14N2OS. The molecule has 1 saturated heterocycles. The summed E-state index contributed by atoms with van der Waals surface area (Å²) in [6.45, 7) is 0. The van der Waals surface area contributed by atoms with Crippen LogP contribution in [0.25, 0.3) is 5.52 Å². The SMILES string of the molecule is O=Cc1cccn2c(CC3CCCS3)ncc12. The van der Waals surface area contributed by atoms with Gasteiger partial charge in [-0.3, -0.25) is 4.79 Å². The van der Waals surface area contributed by atoms with Crippen LogP contribution >= 0.6 is 11.8 Å². The molecular weight excluding hydrogens is 232 g/mol. The summed E-state index contributed by atoms with van der Waals surface area (Å²) in [6.07, 6.45) is 8.29. The predicted molar refractivity (Wildman–Crippen MR) is 69.8 cm³/mol. The van der Waals surface area contributed by atoms with Crippen molar-refractivity contribution in [2.24, 2.45) is 0 Å². The Bertz CT molecular complexity index is 543. The van der Waals surface area contributed by atoms with E-state index in [1.807, 2.05) is 34.5 Å². The van der Waals surface area contributed by atoms with E-state index in [9.17, 15) is 4.79 Å². The van der Waals surface area contributed by atoms with Gasteiger partial charge in [0.25, 0.3) is 0 Å². The molecule has 2 aromatic rings. The fourth-order valence-electron chi connectivity index (χ4n) is 2.36. The third-order valence-corrected chi connectivity index (χ3v) is 4.64. The van der Waals surface area contributed by atoms with Crippen LogP contribution in [-0.4, -0.2) is 26.7 Å². The van der Waals surface area contributed by atoms with Crippen LogP contribution in [0.2, 0.25) is 0 Å². The van der Waals surface area contributed by atoms with Crippen LogP contribution in [0.15, 0.2) is 24.5 Å². The molecule has 3 nitrogen and oxygen atoms in total. The maximum Gasteiger partial charge on any atom is 0.152 e. The van der Waals surface area contributed by atoms with Crippen molar-refractivity contribution in [3.05, 3.63) is 35.9 Å². The first-order valence-electron chi connectivity index (χ1n) is 5.90. The van der Waals surface area contributed by atoms with Gasteiger partial charge in [0.1, 0.15) is 5.82 Å². The summed E-state index contributed by atoms with van der Waals surface area (Å²) in [5.41, 5.74) is 1.63. The Kier molecular flexibility index (Phi) is 2.89. The maximum atomic E-state index is 10.9. The molecule has 17 heavy (non-hydrogen) atoms. The van der Waals surface area contributed by atoms with Crippen molar-refractivity contribution in [2.45, 2.75) is 24.5 Å². The van der Waals surface area contributed by atoms with Gasteiger partial charge < -0.3 is 4.40 Å². The van der Waals surface area contributed by atoms with Gasteiger partial charge in [0.2, 0.25) is 0 Å². The molecule has 0 spiro atoms. The number of rotatable bonds is 3. The van der Waals surface area contributed by atoms with Crippen LogP contribution in [0.3, 0.4) is 0 Å². The van der Waals surface area contributed by atoms with E-state index >= 15 is 0 Å². The lowest BCUT2D eigenvalue weighted by molar-refractivity contribution is 0.112. The summed E-state index contributed by atoms with van der Waals surface area (Å²) in [7, 11) is 0. The summed E-state index contributed by atoms with van der Waals surface area (Å²) in [6, 6.07) is 3.74. The zero-order chi connectivity index (χ0) is 11.7. The third-order valence-electron chi connectivity index (χ3n) is 3.24. The number of aldehydes is 1. The molecule has 1 fully saturated rings. The smallest absolute Gasteiger partial charge is 0.152 e. The summed E-state index contributed by atoms with van der Waals surface area (Å²) in [5, 5.41) is 0.695. The first-order valence-corrected chi connectivity index (χ1v) is 6.95. The molecule has 1 unspecified atom stereocenters. The molecule has 4 heteroatoms. The summed E-state index contributed by atoms with van der Waals surface area (Å²) < 4.78 is 2.04. The third kappa shape index (κ3) is 1.97. The quantitative estimate of drug-likeness (QED) is 0.781. The molecule has 1 atom stereocenters. The van der Waals surface area contributed by atoms with Gasteiger partial charge in [0, 0.05) is 23.4 Å². The number of thioether (sulfide) groups is 1. The molecule has 0 bridgehead atoms. The molecule has 3 heterocycles. The van der Waals surface area contributed by atoms with Gasteiger partial charge in [-0.2, -0.15) is 11.8 Å². The molecule has 0 amide bonds. The second kappa shape index (κ2) is 4.53. The molecule has 88 valence electrons. The highest BCUT2D eigenvalue weighted by molar-refractivity contribution is 8.00. The number of hydrogen-bond acceptors (Lipinski definition) is 3. The Morgan fingerprint density at radius 3 is 3.29 bits per heavy atom. The molecule has 2 aromatic heterocycles. The molecule has 0 aliphatic carbocycles. The highest BCUT2D eigenvalue weighted by Crippen LogP contribution is 2.29. The lowest BCUT2D eigenvalue weighted by Gasteiger charge is -2.07. The number of imidazole rings is 1. The van der Waals surface area contributed by atoms with Gasteiger partial charge in [-0.25, -0.2) is 4.98 Å². The summed E-state index contributed by atoms with van der Waals surface area (Å²) >= 11 is 2.04. The topological polar surface area (TPSA) is 34.4 Å². The summed E-state index contributed by atoms with van der Waals surface area (Å²) in [5.74, 6) is 2.34. The lowest BCUT2D eigenvalue weighted by atomic mass is 10.2. The van der Waals surface area contributed by atoms with Crippen LogP contribution < -0.4 is 0 Å². The normalized spacial score (nSPS) is 19.9. The van der Waals surface area contributed by atoms with Crippen molar-refractivity contribution in [3.8, 4) is 0 Å². The van der Waals surface area contributed by atoms with Crippen LogP contribution in [0.5, 0.6) is 0 Å². The van der Waals surface area contributed by atoms with E-state index in [1.165, 1.54) is 18.6 Å². The molecule has 1 aliphatic rings. The molecule has 1 aliphatic heterocycles. The predicted octanol–water partition coefficient (Wildman–Crippen LogP) is 2.58. The van der Waals surface area contributed by atoms with Crippen LogP contribution in [0.4, 0.5) is 0 Å². The van der Waals surface area contributed by atoms with Gasteiger partial charge in [-0.1, -0.05) is 0 Å². The van der Waals surface area contributed by atoms with Crippen LogP contribution in [-0.2, 0) is 6.42 Å². The van der Waals surface area contributed by atoms with Crippen molar-refractivity contribution in [2.75, 3.05) is 5.75 Å². The Morgan fingerprint density at radius 1 is 1.59 bits per heavy atom. The van der Waals surface area contributed by atoms with E-state index in [-0.39, 0.29) is 0 Å². The minimum Gasteiger partial charge on any atom is -0.303 e. The average Bonchev–Trinajstić information content (AvgIpc) is 2.99. The van der Waals surface area contributed by atoms with Gasteiger partial charge in [-0.05, 0) is 30.7 Å². The van der Waals surface area contributed by atoms with Crippen molar-refractivity contribution in [1.82, 2.24) is 9.38 Å². The van der Waals surface area contributed by atoms with E-state index in [0.717, 1.165) is 24.0 Å². The van der Waals surface area contributed by atoms with Crippen LogP contribution in [0.1, 0.15) is 29.0 Å². The Morgan fingerprint density at radius 2 is 2.53 bits per heavy atom. The number of fused-ring (bicyclic) bond motifs is 1. The molecule has 0 saturated carbocycles. The fourth-order valence-corrected chi connectivity index (χ4v) is 3.62. The average molecular weight is 246 g/mol. The van der Waals surface area contributed by atoms with Gasteiger partial charge in [0.15, 0.2) is 6.29 Å². The monoisotopic (exact) mass is 246 g/mol. The Balaban J connectivity index is 1.97. The van der Waals surface area contributed by atoms with Gasteiger partial charge in [0.05, 0.1) is 11.7 Å². The fraction of sp³-hybridized carbons (Fsp3) is 0.385. The number of pyridine rings is 1. The number of aromatic nitrogens is 2. The second-order valence-corrected chi connectivity index (χ2v) is 5.76. The van der Waals surface area contributed by atoms with Gasteiger partial charge in [-0.15, -0.1) is 0 Å². The van der Waals surface area contributed by atoms with E-state index in [4.69, 9.17) is 0 Å². The standard InChI is InChI=1S/C13H14N2OS/c16-9-10-3-1-5-15-12(10)8-14-13(15)7-11-4-2-6-17-11/h1,3,5,8-9,11H,2,4,6-7H2. The van der Waals surface area contributed by atoms with E-state index in [0.29, 0.717) is 10.8 Å². The second-order valence-electron chi connectivity index (χ2n) is 4.35. The van der Waals surface area contributed by atoms with Crippen molar-refractivity contribution in [1.29, 1.82) is 0 Å². The Labute approximate surface area is 104 Å². The minimum atomic E-state index is 0.695. The van der Waals surface area contributed by atoms with E-state index in [2.05, 4.69) is 4.98 Å². The van der Waals surface area contributed by atoms with E-state index < -0.39 is 0 Å². The molecule has 3 rings (SSSR count). The number of carbonyl (C=O) groups excluding carboxylic acids is 1. The molecule has 0 radical (unpaired) electrons. The van der Waals surface area contributed by atoms with Gasteiger partial charge >= 0.3 is 0 Å². The largest absolute Gasteiger partial charge is 0.303 e. The van der Waals surface area contributed by atoms with Crippen molar-refractivity contribution < 1.29 is 4.79 Å². The highest BCUT2D eigenvalue weighted by Gasteiger charge is 2.18. The van der Waals surface area contributed by atoms with Crippen molar-refractivity contribution in [3.63, 3.8) is 0 Å². The Hall–Kier alpha value is -1.29. The number of carbonyl (C=O) groups is 1. The summed E-state index contributed by atoms with van der Waals surface area (Å²) in [4.78, 5) is 15.4. The highest BCUT2D eigenvalue weighted by atomic mass is 32.2. The zero-order valence-electron chi connectivity index (χ0n) is 9.50. The molecule has 0 N–H and O–H groups in total. The first kappa shape index (κ1) is 10.8. The maximum absolute atomic E-state index is 10.9. The van der Waals surface area contributed by atoms with E-state index in [1.54, 1.807) is 6.20 Å². The molecule has 0 aromatic carbocycles.